The largest absolute Gasteiger partial charge is 0.400 e. The minimum Gasteiger partial charge on any atom is -0.400 e. The van der Waals surface area contributed by atoms with E-state index in [1.165, 1.54) is 0 Å². The molecule has 2 aromatic heterocycles. The van der Waals surface area contributed by atoms with Gasteiger partial charge in [0.2, 0.25) is 0 Å². The molecule has 0 unspecified atom stereocenters. The van der Waals surface area contributed by atoms with Crippen LogP contribution in [-0.4, -0.2) is 52.6 Å². The van der Waals surface area contributed by atoms with E-state index < -0.39 is 0 Å². The Kier molecular flexibility index (Phi) is 7.79. The summed E-state index contributed by atoms with van der Waals surface area (Å²) in [5.41, 5.74) is 0.854. The van der Waals surface area contributed by atoms with Gasteiger partial charge in [-0.15, -0.1) is 0 Å². The molecule has 2 aromatic rings. The normalized spacial score (nSPS) is 13.4. The zero-order chi connectivity index (χ0) is 16.5. The predicted molar refractivity (Wildman–Crippen MR) is 86.7 cm³/mol. The second-order valence-electron chi connectivity index (χ2n) is 4.90. The Balaban J connectivity index is 0.00000116. The molecule has 2 rings (SSSR count). The Hall–Kier alpha value is -1.70. The highest BCUT2D eigenvalue weighted by Gasteiger charge is 2.21. The Labute approximate surface area is 131 Å². The third-order valence-electron chi connectivity index (χ3n) is 3.57. The van der Waals surface area contributed by atoms with Crippen molar-refractivity contribution in [2.24, 2.45) is 5.92 Å². The van der Waals surface area contributed by atoms with E-state index in [0.29, 0.717) is 0 Å². The lowest BCUT2D eigenvalue weighted by atomic mass is 10.0. The third-order valence-corrected chi connectivity index (χ3v) is 3.57. The lowest BCUT2D eigenvalue weighted by Crippen LogP contribution is -2.19. The zero-order valence-electron chi connectivity index (χ0n) is 13.7. The van der Waals surface area contributed by atoms with Crippen molar-refractivity contribution in [1.29, 1.82) is 0 Å². The van der Waals surface area contributed by atoms with Gasteiger partial charge in [0.1, 0.15) is 24.0 Å². The molecule has 2 heterocycles. The van der Waals surface area contributed by atoms with Gasteiger partial charge in [0.05, 0.1) is 5.39 Å². The molecule has 7 heteroatoms. The summed E-state index contributed by atoms with van der Waals surface area (Å²) in [4.78, 5) is 8.57. The van der Waals surface area contributed by atoms with Gasteiger partial charge in [0.25, 0.3) is 0 Å². The third kappa shape index (κ3) is 3.94. The second kappa shape index (κ2) is 9.34. The van der Waals surface area contributed by atoms with Gasteiger partial charge in [-0.2, -0.15) is 0 Å². The first kappa shape index (κ1) is 18.3. The number of ether oxygens (including phenoxy) is 1. The maximum Gasteiger partial charge on any atom is 0.147 e. The summed E-state index contributed by atoms with van der Waals surface area (Å²) in [6, 6.07) is 1.99. The average Bonchev–Trinajstić information content (AvgIpc) is 2.99. The number of aromatic nitrogens is 3. The van der Waals surface area contributed by atoms with Gasteiger partial charge in [-0.25, -0.2) is 9.97 Å². The molecule has 0 fully saturated rings. The molecule has 0 spiro atoms. The lowest BCUT2D eigenvalue weighted by Gasteiger charge is -2.24. The Morgan fingerprint density at radius 3 is 2.68 bits per heavy atom. The minimum absolute atomic E-state index is 0.0985. The molecule has 124 valence electrons. The van der Waals surface area contributed by atoms with Crippen molar-refractivity contribution in [3.63, 3.8) is 0 Å². The van der Waals surface area contributed by atoms with E-state index in [-0.39, 0.29) is 18.8 Å². The van der Waals surface area contributed by atoms with Crippen molar-refractivity contribution in [3.05, 3.63) is 18.6 Å². The number of anilines is 1. The van der Waals surface area contributed by atoms with Crippen molar-refractivity contribution in [2.45, 2.75) is 26.0 Å². The van der Waals surface area contributed by atoms with Crippen LogP contribution in [0.1, 0.15) is 26.0 Å². The van der Waals surface area contributed by atoms with Gasteiger partial charge in [0.15, 0.2) is 0 Å². The van der Waals surface area contributed by atoms with Crippen LogP contribution >= 0.6 is 0 Å². The van der Waals surface area contributed by atoms with Crippen LogP contribution in [0.4, 0.5) is 5.82 Å². The van der Waals surface area contributed by atoms with Gasteiger partial charge < -0.3 is 24.8 Å². The number of aliphatic hydroxyl groups is 2. The summed E-state index contributed by atoms with van der Waals surface area (Å²) >= 11 is 0. The van der Waals surface area contributed by atoms with E-state index in [0.717, 1.165) is 36.8 Å². The van der Waals surface area contributed by atoms with E-state index in [4.69, 9.17) is 14.9 Å². The van der Waals surface area contributed by atoms with Crippen LogP contribution in [0.25, 0.3) is 11.0 Å². The molecule has 0 saturated heterocycles. The van der Waals surface area contributed by atoms with Crippen molar-refractivity contribution >= 4 is 16.9 Å². The van der Waals surface area contributed by atoms with Gasteiger partial charge in [0, 0.05) is 40.0 Å². The van der Waals surface area contributed by atoms with E-state index in [1.54, 1.807) is 13.4 Å². The van der Waals surface area contributed by atoms with E-state index in [9.17, 15) is 0 Å². The van der Waals surface area contributed by atoms with Crippen LogP contribution in [-0.2, 0) is 4.74 Å². The van der Waals surface area contributed by atoms with Crippen LogP contribution in [0.15, 0.2) is 18.6 Å². The molecule has 0 aliphatic rings. The first-order chi connectivity index (χ1) is 10.7. The minimum atomic E-state index is -0.0985. The number of rotatable bonds is 7. The summed E-state index contributed by atoms with van der Waals surface area (Å²) in [6.45, 7) is 2.33. The molecule has 22 heavy (non-hydrogen) atoms. The fourth-order valence-electron chi connectivity index (χ4n) is 2.55. The first-order valence-corrected chi connectivity index (χ1v) is 7.30. The highest BCUT2D eigenvalue weighted by atomic mass is 16.5. The number of hydrogen-bond acceptors (Lipinski definition) is 6. The van der Waals surface area contributed by atoms with Crippen molar-refractivity contribution < 1.29 is 14.9 Å². The molecule has 0 aliphatic carbocycles. The predicted octanol–water partition coefficient (Wildman–Crippen LogP) is 1.64. The second-order valence-corrected chi connectivity index (χ2v) is 4.90. The average molecular weight is 310 g/mol. The first-order valence-electron chi connectivity index (χ1n) is 7.30. The number of aliphatic hydroxyl groups excluding tert-OH is 2. The summed E-state index contributed by atoms with van der Waals surface area (Å²) < 4.78 is 7.66. The summed E-state index contributed by atoms with van der Waals surface area (Å²) in [7, 11) is 4.54. The molecule has 0 bridgehead atoms. The Morgan fingerprint density at radius 1 is 1.36 bits per heavy atom. The Morgan fingerprint density at radius 2 is 2.09 bits per heavy atom. The number of fused-ring (bicyclic) bond motifs is 1. The SMILES string of the molecule is CNc1ncnc2c1ccn2[C@H](OC)[C@@H](C)CCCO.CO. The van der Waals surface area contributed by atoms with Crippen LogP contribution in [0.3, 0.4) is 0 Å². The molecular weight excluding hydrogens is 284 g/mol. The van der Waals surface area contributed by atoms with Crippen LogP contribution in [0.2, 0.25) is 0 Å². The van der Waals surface area contributed by atoms with E-state index in [2.05, 4.69) is 22.2 Å². The van der Waals surface area contributed by atoms with Crippen molar-refractivity contribution in [3.8, 4) is 0 Å². The molecule has 0 amide bonds. The summed E-state index contributed by atoms with van der Waals surface area (Å²) in [5, 5.41) is 20.0. The maximum absolute atomic E-state index is 8.96. The van der Waals surface area contributed by atoms with E-state index >= 15 is 0 Å². The number of hydrogen-bond donors (Lipinski definition) is 3. The topological polar surface area (TPSA) is 92.4 Å². The quantitative estimate of drug-likeness (QED) is 0.720. The van der Waals surface area contributed by atoms with Crippen LogP contribution in [0, 0.1) is 5.92 Å². The smallest absolute Gasteiger partial charge is 0.147 e. The molecule has 3 N–H and O–H groups in total. The number of nitrogens with zero attached hydrogens (tertiary/aromatic N) is 3. The molecule has 0 aromatic carbocycles. The van der Waals surface area contributed by atoms with Crippen LogP contribution < -0.4 is 5.32 Å². The van der Waals surface area contributed by atoms with Gasteiger partial charge in [-0.1, -0.05) is 6.92 Å². The monoisotopic (exact) mass is 310 g/mol. The summed E-state index contributed by atoms with van der Waals surface area (Å²) in [6.07, 6.45) is 5.11. The fourth-order valence-corrected chi connectivity index (χ4v) is 2.55. The fraction of sp³-hybridized carbons (Fsp3) is 0.600. The molecular formula is C15H26N4O3. The van der Waals surface area contributed by atoms with Crippen LogP contribution in [0.5, 0.6) is 0 Å². The lowest BCUT2D eigenvalue weighted by molar-refractivity contribution is -0.00118. The summed E-state index contributed by atoms with van der Waals surface area (Å²) in [5.74, 6) is 1.10. The van der Waals surface area contributed by atoms with Crippen molar-refractivity contribution in [1.82, 2.24) is 14.5 Å². The van der Waals surface area contributed by atoms with Gasteiger partial charge in [-0.3, -0.25) is 0 Å². The highest BCUT2D eigenvalue weighted by Crippen LogP contribution is 2.29. The standard InChI is InChI=1S/C14H22N4O2.CH4O/c1-10(5-4-8-19)14(20-3)18-7-6-11-12(15-2)16-9-17-13(11)18;1-2/h6-7,9-10,14,19H,4-5,8H2,1-3H3,(H,15,16,17);2H,1H3/t10-,14+;/m0./s1. The number of methoxy groups -OCH3 is 1. The molecule has 0 saturated carbocycles. The van der Waals surface area contributed by atoms with Crippen molar-refractivity contribution in [2.75, 3.05) is 33.2 Å². The molecule has 7 nitrogen and oxygen atoms in total. The highest BCUT2D eigenvalue weighted by molar-refractivity contribution is 5.87. The molecule has 0 radical (unpaired) electrons. The van der Waals surface area contributed by atoms with Gasteiger partial charge in [-0.05, 0) is 18.9 Å². The van der Waals surface area contributed by atoms with E-state index in [1.807, 2.05) is 23.9 Å². The molecule has 0 aliphatic heterocycles. The zero-order valence-corrected chi connectivity index (χ0v) is 13.7. The maximum atomic E-state index is 8.96. The number of nitrogens with one attached hydrogen (secondary N) is 1. The van der Waals surface area contributed by atoms with Gasteiger partial charge >= 0.3 is 0 Å². The Bertz CT molecular complexity index is 559. The molecule has 2 atom stereocenters.